The molecule has 3 aromatic carbocycles. The second-order valence-electron chi connectivity index (χ2n) is 5.88. The highest BCUT2D eigenvalue weighted by Crippen LogP contribution is 2.32. The molecule has 25 heavy (non-hydrogen) atoms. The smallest absolute Gasteiger partial charge is 0.336 e. The van der Waals surface area contributed by atoms with Crippen molar-refractivity contribution in [1.82, 2.24) is 0 Å². The van der Waals surface area contributed by atoms with E-state index in [1.165, 1.54) is 0 Å². The molecule has 1 N–H and O–H groups in total. The van der Waals surface area contributed by atoms with Crippen LogP contribution in [0, 0.1) is 0 Å². The lowest BCUT2D eigenvalue weighted by Crippen LogP contribution is -2.08. The molecule has 2 nitrogen and oxygen atoms in total. The topological polar surface area (TPSA) is 37.3 Å². The maximum Gasteiger partial charge on any atom is 0.336 e. The lowest BCUT2D eigenvalue weighted by molar-refractivity contribution is 0.0695. The molecule has 0 spiro atoms. The van der Waals surface area contributed by atoms with Crippen LogP contribution in [-0.2, 0) is 12.8 Å². The van der Waals surface area contributed by atoms with Crippen LogP contribution in [0.4, 0.5) is 0 Å². The first-order chi connectivity index (χ1) is 12.1. The van der Waals surface area contributed by atoms with E-state index in [0.29, 0.717) is 22.6 Å². The van der Waals surface area contributed by atoms with Gasteiger partial charge in [-0.05, 0) is 41.2 Å². The van der Waals surface area contributed by atoms with E-state index in [0.717, 1.165) is 22.3 Å². The molecule has 0 aliphatic carbocycles. The summed E-state index contributed by atoms with van der Waals surface area (Å²) >= 11 is 9.22. The van der Waals surface area contributed by atoms with Crippen molar-refractivity contribution in [3.8, 4) is 0 Å². The minimum absolute atomic E-state index is 0.260. The van der Waals surface area contributed by atoms with E-state index in [9.17, 15) is 9.90 Å². The number of hydrogen-bond acceptors (Lipinski definition) is 3. The Morgan fingerprint density at radius 1 is 0.800 bits per heavy atom. The van der Waals surface area contributed by atoms with Gasteiger partial charge in [0.1, 0.15) is 0 Å². The van der Waals surface area contributed by atoms with Crippen molar-refractivity contribution in [2.45, 2.75) is 22.6 Å². The second kappa shape index (κ2) is 7.81. The number of carboxylic acids is 1. The zero-order chi connectivity index (χ0) is 17.8. The summed E-state index contributed by atoms with van der Waals surface area (Å²) in [6, 6.07) is 21.5. The summed E-state index contributed by atoms with van der Waals surface area (Å²) in [4.78, 5) is 13.1. The molecule has 0 amide bonds. The monoisotopic (exact) mass is 366 g/mol. The number of carboxylic acid groups (broad SMARTS) is 1. The molecule has 0 radical (unpaired) electrons. The van der Waals surface area contributed by atoms with Gasteiger partial charge in [0, 0.05) is 9.79 Å². The van der Waals surface area contributed by atoms with Crippen molar-refractivity contribution in [3.63, 3.8) is 0 Å². The molecule has 0 fully saturated rings. The second-order valence-corrected chi connectivity index (χ2v) is 6.81. The summed E-state index contributed by atoms with van der Waals surface area (Å²) < 4.78 is 0. The molecule has 3 aromatic rings. The van der Waals surface area contributed by atoms with Gasteiger partial charge in [-0.2, -0.15) is 0 Å². The molecule has 0 aliphatic heterocycles. The van der Waals surface area contributed by atoms with Crippen LogP contribution in [0.5, 0.6) is 0 Å². The third-order valence-electron chi connectivity index (χ3n) is 4.16. The van der Waals surface area contributed by atoms with E-state index in [1.807, 2.05) is 60.7 Å². The Balaban J connectivity index is 2.08. The third kappa shape index (κ3) is 4.09. The van der Waals surface area contributed by atoms with Crippen LogP contribution in [0.2, 0.25) is 0 Å². The van der Waals surface area contributed by atoms with Crippen LogP contribution < -0.4 is 0 Å². The zero-order valence-corrected chi connectivity index (χ0v) is 15.3. The predicted octanol–water partition coefficient (Wildman–Crippen LogP) is 5.14. The summed E-state index contributed by atoms with van der Waals surface area (Å²) in [6.07, 6.45) is 1.19. The molecule has 0 aromatic heterocycles. The molecule has 0 atom stereocenters. The highest BCUT2D eigenvalue weighted by Gasteiger charge is 2.19. The van der Waals surface area contributed by atoms with Gasteiger partial charge in [0.2, 0.25) is 0 Å². The van der Waals surface area contributed by atoms with Gasteiger partial charge in [0.25, 0.3) is 0 Å². The molecule has 0 unspecified atom stereocenters. The van der Waals surface area contributed by atoms with E-state index >= 15 is 0 Å². The maximum atomic E-state index is 11.7. The maximum absolute atomic E-state index is 11.7. The van der Waals surface area contributed by atoms with Crippen LogP contribution in [0.25, 0.3) is 0 Å². The SMILES string of the molecule is O=C(O)c1cc(S)c(Cc2ccccc2)c(S)c1Cc1ccccc1. The van der Waals surface area contributed by atoms with E-state index in [-0.39, 0.29) is 5.56 Å². The number of benzene rings is 3. The molecule has 126 valence electrons. The average Bonchev–Trinajstić information content (AvgIpc) is 2.62. The van der Waals surface area contributed by atoms with Crippen LogP contribution in [-0.4, -0.2) is 11.1 Å². The molecule has 0 bridgehead atoms. The fraction of sp³-hybridized carbons (Fsp3) is 0.0952. The minimum atomic E-state index is -0.956. The first-order valence-corrected chi connectivity index (χ1v) is 8.83. The Morgan fingerprint density at radius 2 is 1.28 bits per heavy atom. The quantitative estimate of drug-likeness (QED) is 0.547. The number of aromatic carboxylic acids is 1. The van der Waals surface area contributed by atoms with E-state index in [4.69, 9.17) is 12.6 Å². The molecule has 0 heterocycles. The summed E-state index contributed by atoms with van der Waals surface area (Å²) in [6.45, 7) is 0. The predicted molar refractivity (Wildman–Crippen MR) is 106 cm³/mol. The molecular formula is C21H18O2S2. The third-order valence-corrected chi connectivity index (χ3v) is 5.10. The highest BCUT2D eigenvalue weighted by molar-refractivity contribution is 7.81. The summed E-state index contributed by atoms with van der Waals surface area (Å²) in [5, 5.41) is 9.61. The number of thiol groups is 2. The molecule has 0 saturated heterocycles. The van der Waals surface area contributed by atoms with Gasteiger partial charge >= 0.3 is 5.97 Å². The van der Waals surface area contributed by atoms with Gasteiger partial charge in [0.15, 0.2) is 0 Å². The van der Waals surface area contributed by atoms with Gasteiger partial charge in [0.05, 0.1) is 5.56 Å². The van der Waals surface area contributed by atoms with Crippen molar-refractivity contribution >= 4 is 31.2 Å². The summed E-state index contributed by atoms with van der Waals surface area (Å²) in [5.41, 5.74) is 4.13. The highest BCUT2D eigenvalue weighted by atomic mass is 32.1. The van der Waals surface area contributed by atoms with Crippen LogP contribution in [0.3, 0.4) is 0 Å². The first-order valence-electron chi connectivity index (χ1n) is 7.94. The molecule has 0 saturated carbocycles. The Bertz CT molecular complexity index is 891. The summed E-state index contributed by atoms with van der Waals surface area (Å²) in [7, 11) is 0. The fourth-order valence-corrected chi connectivity index (χ4v) is 3.69. The first kappa shape index (κ1) is 17.6. The summed E-state index contributed by atoms with van der Waals surface area (Å²) in [5.74, 6) is -0.956. The molecule has 0 aliphatic rings. The largest absolute Gasteiger partial charge is 0.478 e. The standard InChI is InChI=1S/C21H18O2S2/c22-21(23)17-13-19(24)18(12-15-9-5-2-6-10-15)20(25)16(17)11-14-7-3-1-4-8-14/h1-10,13,24-25H,11-12H2,(H,22,23). The van der Waals surface area contributed by atoms with Crippen molar-refractivity contribution < 1.29 is 9.90 Å². The lowest BCUT2D eigenvalue weighted by atomic mass is 9.94. The van der Waals surface area contributed by atoms with Gasteiger partial charge < -0.3 is 5.11 Å². The van der Waals surface area contributed by atoms with Gasteiger partial charge in [-0.25, -0.2) is 4.79 Å². The zero-order valence-electron chi connectivity index (χ0n) is 13.5. The van der Waals surface area contributed by atoms with Crippen molar-refractivity contribution in [1.29, 1.82) is 0 Å². The molecular weight excluding hydrogens is 348 g/mol. The van der Waals surface area contributed by atoms with Gasteiger partial charge in [-0.3, -0.25) is 0 Å². The Kier molecular flexibility index (Phi) is 5.51. The van der Waals surface area contributed by atoms with E-state index in [1.54, 1.807) is 6.07 Å². The minimum Gasteiger partial charge on any atom is -0.478 e. The van der Waals surface area contributed by atoms with E-state index < -0.39 is 5.97 Å². The van der Waals surface area contributed by atoms with Crippen LogP contribution in [0.1, 0.15) is 32.6 Å². The molecule has 3 rings (SSSR count). The van der Waals surface area contributed by atoms with Crippen molar-refractivity contribution in [3.05, 3.63) is 94.5 Å². The van der Waals surface area contributed by atoms with Gasteiger partial charge in [-0.1, -0.05) is 60.7 Å². The van der Waals surface area contributed by atoms with Crippen molar-refractivity contribution in [2.24, 2.45) is 0 Å². The van der Waals surface area contributed by atoms with Crippen LogP contribution in [0.15, 0.2) is 76.5 Å². The number of hydrogen-bond donors (Lipinski definition) is 3. The Hall–Kier alpha value is -2.17. The van der Waals surface area contributed by atoms with E-state index in [2.05, 4.69) is 12.6 Å². The van der Waals surface area contributed by atoms with Crippen molar-refractivity contribution in [2.75, 3.05) is 0 Å². The number of carbonyl (C=O) groups is 1. The average molecular weight is 367 g/mol. The normalized spacial score (nSPS) is 10.6. The number of rotatable bonds is 5. The van der Waals surface area contributed by atoms with Crippen LogP contribution >= 0.6 is 25.3 Å². The Morgan fingerprint density at radius 3 is 1.76 bits per heavy atom. The lowest BCUT2D eigenvalue weighted by Gasteiger charge is -2.17. The van der Waals surface area contributed by atoms with Gasteiger partial charge in [-0.15, -0.1) is 25.3 Å². The Labute approximate surface area is 158 Å². The molecule has 4 heteroatoms. The fourth-order valence-electron chi connectivity index (χ4n) is 2.89.